The average Bonchev–Trinajstić information content (AvgIpc) is 3.65. The number of benzene rings is 2. The molecule has 0 aliphatic carbocycles. The van der Waals surface area contributed by atoms with Crippen LogP contribution < -0.4 is 4.90 Å². The van der Waals surface area contributed by atoms with Crippen LogP contribution >= 0.6 is 0 Å². The van der Waals surface area contributed by atoms with E-state index in [1.165, 1.54) is 48.1 Å². The van der Waals surface area contributed by atoms with Crippen LogP contribution in [0.15, 0.2) is 79.0 Å². The number of pyridine rings is 1. The van der Waals surface area contributed by atoms with Crippen LogP contribution in [0.4, 0.5) is 5.82 Å². The van der Waals surface area contributed by atoms with Crippen molar-refractivity contribution in [1.29, 1.82) is 0 Å². The second-order valence-corrected chi connectivity index (χ2v) is 10.8. The Labute approximate surface area is 234 Å². The minimum absolute atomic E-state index is 0.863. The molecule has 0 amide bonds. The highest BCUT2D eigenvalue weighted by molar-refractivity contribution is 5.68. The van der Waals surface area contributed by atoms with E-state index in [-0.39, 0.29) is 0 Å². The molecule has 5 heteroatoms. The summed E-state index contributed by atoms with van der Waals surface area (Å²) in [4.78, 5) is 15.2. The van der Waals surface area contributed by atoms with Gasteiger partial charge >= 0.3 is 0 Å². The molecule has 0 spiro atoms. The molecule has 0 radical (unpaired) electrons. The van der Waals surface area contributed by atoms with Crippen molar-refractivity contribution in [2.75, 3.05) is 24.5 Å². The molecule has 2 aromatic heterocycles. The van der Waals surface area contributed by atoms with Crippen molar-refractivity contribution in [2.45, 2.75) is 72.0 Å². The topological polar surface area (TPSA) is 37.2 Å². The van der Waals surface area contributed by atoms with E-state index in [0.717, 1.165) is 69.4 Å². The molecule has 0 N–H and O–H groups in total. The summed E-state index contributed by atoms with van der Waals surface area (Å²) >= 11 is 0. The number of hydrogen-bond donors (Lipinski definition) is 0. The van der Waals surface area contributed by atoms with Gasteiger partial charge < -0.3 is 9.47 Å². The van der Waals surface area contributed by atoms with Gasteiger partial charge in [-0.15, -0.1) is 0 Å². The van der Waals surface area contributed by atoms with Crippen molar-refractivity contribution in [1.82, 2.24) is 19.4 Å². The minimum Gasteiger partial charge on any atom is -0.357 e. The number of nitrogens with zero attached hydrogens (tertiary/aromatic N) is 5. The number of unbranched alkanes of at least 4 members (excludes halogenated alkanes) is 2. The highest BCUT2D eigenvalue weighted by Gasteiger charge is 2.22. The largest absolute Gasteiger partial charge is 0.357 e. The molecule has 1 fully saturated rings. The first kappa shape index (κ1) is 27.1. The lowest BCUT2D eigenvalue weighted by Crippen LogP contribution is -2.26. The first-order chi connectivity index (χ1) is 19.3. The summed E-state index contributed by atoms with van der Waals surface area (Å²) in [6.07, 6.45) is 9.28. The minimum atomic E-state index is 0.863. The van der Waals surface area contributed by atoms with Gasteiger partial charge in [-0.25, -0.2) is 9.97 Å². The van der Waals surface area contributed by atoms with E-state index in [4.69, 9.17) is 9.97 Å². The Morgan fingerprint density at radius 1 is 0.769 bits per heavy atom. The fraction of sp³-hybridized carbons (Fsp3) is 0.412. The quantitative estimate of drug-likeness (QED) is 0.180. The third kappa shape index (κ3) is 6.77. The second kappa shape index (κ2) is 13.6. The molecule has 0 unspecified atom stereocenters. The van der Waals surface area contributed by atoms with Gasteiger partial charge in [0, 0.05) is 50.0 Å². The van der Waals surface area contributed by atoms with E-state index in [1.807, 2.05) is 0 Å². The molecule has 0 bridgehead atoms. The Morgan fingerprint density at radius 3 is 2.10 bits per heavy atom. The average molecular weight is 522 g/mol. The number of aromatic nitrogens is 3. The molecule has 0 saturated carbocycles. The second-order valence-electron chi connectivity index (χ2n) is 10.8. The van der Waals surface area contributed by atoms with Gasteiger partial charge in [0.1, 0.15) is 11.6 Å². The zero-order chi connectivity index (χ0) is 26.9. The molecule has 0 atom stereocenters. The van der Waals surface area contributed by atoms with Crippen LogP contribution in [0.5, 0.6) is 0 Å². The molecule has 5 rings (SSSR count). The summed E-state index contributed by atoms with van der Waals surface area (Å²) in [7, 11) is 0. The lowest BCUT2D eigenvalue weighted by Gasteiger charge is -2.24. The summed E-state index contributed by atoms with van der Waals surface area (Å²) in [5.74, 6) is 2.19. The Bertz CT molecular complexity index is 1270. The highest BCUT2D eigenvalue weighted by Crippen LogP contribution is 2.31. The Balaban J connectivity index is 1.49. The summed E-state index contributed by atoms with van der Waals surface area (Å²) in [5, 5.41) is 0. The summed E-state index contributed by atoms with van der Waals surface area (Å²) < 4.78 is 2.49. The van der Waals surface area contributed by atoms with E-state index in [2.05, 4.69) is 107 Å². The van der Waals surface area contributed by atoms with Gasteiger partial charge in [-0.1, -0.05) is 93.4 Å². The van der Waals surface area contributed by atoms with Crippen LogP contribution in [-0.4, -0.2) is 39.1 Å². The Hall–Kier alpha value is -3.44. The number of imidazole rings is 1. The molecule has 5 nitrogen and oxygen atoms in total. The maximum absolute atomic E-state index is 5.32. The third-order valence-corrected chi connectivity index (χ3v) is 7.73. The first-order valence-corrected chi connectivity index (χ1v) is 14.9. The van der Waals surface area contributed by atoms with Crippen LogP contribution in [0.2, 0.25) is 0 Å². The van der Waals surface area contributed by atoms with E-state index in [0.29, 0.717) is 0 Å². The zero-order valence-corrected chi connectivity index (χ0v) is 23.7. The standard InChI is InChI=1S/C34H43N5/c1-3-5-21-37(26-28-19-20-32(35-25-28)38-22-13-14-23-38)27-31-33(29-15-9-7-10-16-29)36-34(39(31)24-6-4-2)30-17-11-8-12-18-30/h7-12,15-20,25H,3-6,13-14,21-24,26-27H2,1-2H3. The SMILES string of the molecule is CCCCN(Cc1ccc(N2CCCC2)nc1)Cc1c(-c2ccccc2)nc(-c2ccccc2)n1CCCC. The van der Waals surface area contributed by atoms with Crippen molar-refractivity contribution in [3.8, 4) is 22.6 Å². The summed E-state index contributed by atoms with van der Waals surface area (Å²) in [5.41, 5.74) is 6.06. The Morgan fingerprint density at radius 2 is 1.46 bits per heavy atom. The fourth-order valence-electron chi connectivity index (χ4n) is 5.55. The highest BCUT2D eigenvalue weighted by atomic mass is 15.2. The Kier molecular flexibility index (Phi) is 9.44. The number of anilines is 1. The normalized spacial score (nSPS) is 13.5. The van der Waals surface area contributed by atoms with Gasteiger partial charge in [0.15, 0.2) is 0 Å². The maximum atomic E-state index is 5.32. The monoisotopic (exact) mass is 521 g/mol. The van der Waals surface area contributed by atoms with Gasteiger partial charge in [-0.3, -0.25) is 4.90 Å². The van der Waals surface area contributed by atoms with E-state index >= 15 is 0 Å². The lowest BCUT2D eigenvalue weighted by molar-refractivity contribution is 0.246. The molecular formula is C34H43N5. The predicted octanol–water partition coefficient (Wildman–Crippen LogP) is 7.81. The van der Waals surface area contributed by atoms with Gasteiger partial charge in [0.2, 0.25) is 0 Å². The molecule has 1 aliphatic heterocycles. The van der Waals surface area contributed by atoms with Gasteiger partial charge in [-0.2, -0.15) is 0 Å². The molecule has 1 saturated heterocycles. The lowest BCUT2D eigenvalue weighted by atomic mass is 10.1. The van der Waals surface area contributed by atoms with Crippen molar-refractivity contribution in [2.24, 2.45) is 0 Å². The maximum Gasteiger partial charge on any atom is 0.140 e. The smallest absolute Gasteiger partial charge is 0.140 e. The molecular weight excluding hydrogens is 478 g/mol. The van der Waals surface area contributed by atoms with Crippen LogP contribution in [-0.2, 0) is 19.6 Å². The van der Waals surface area contributed by atoms with Crippen molar-refractivity contribution in [3.05, 3.63) is 90.3 Å². The van der Waals surface area contributed by atoms with Crippen LogP contribution in [0.3, 0.4) is 0 Å². The summed E-state index contributed by atoms with van der Waals surface area (Å²) in [6, 6.07) is 25.9. The van der Waals surface area contributed by atoms with E-state index in [9.17, 15) is 0 Å². The third-order valence-electron chi connectivity index (χ3n) is 7.73. The molecule has 204 valence electrons. The zero-order valence-electron chi connectivity index (χ0n) is 23.7. The first-order valence-electron chi connectivity index (χ1n) is 14.9. The predicted molar refractivity (Wildman–Crippen MR) is 163 cm³/mol. The fourth-order valence-corrected chi connectivity index (χ4v) is 5.55. The molecule has 2 aromatic carbocycles. The van der Waals surface area contributed by atoms with E-state index in [1.54, 1.807) is 0 Å². The van der Waals surface area contributed by atoms with Gasteiger partial charge in [0.05, 0.1) is 11.4 Å². The van der Waals surface area contributed by atoms with Crippen molar-refractivity contribution < 1.29 is 0 Å². The van der Waals surface area contributed by atoms with Crippen molar-refractivity contribution in [3.63, 3.8) is 0 Å². The van der Waals surface area contributed by atoms with Gasteiger partial charge in [-0.05, 0) is 43.9 Å². The molecule has 1 aliphatic rings. The van der Waals surface area contributed by atoms with Crippen molar-refractivity contribution >= 4 is 5.82 Å². The molecule has 4 aromatic rings. The van der Waals surface area contributed by atoms with E-state index < -0.39 is 0 Å². The van der Waals surface area contributed by atoms with Crippen LogP contribution in [0, 0.1) is 0 Å². The molecule has 3 heterocycles. The van der Waals surface area contributed by atoms with Crippen LogP contribution in [0.25, 0.3) is 22.6 Å². The number of hydrogen-bond acceptors (Lipinski definition) is 4. The van der Waals surface area contributed by atoms with Gasteiger partial charge in [0.25, 0.3) is 0 Å². The molecule has 39 heavy (non-hydrogen) atoms. The van der Waals surface area contributed by atoms with Crippen LogP contribution in [0.1, 0.15) is 63.6 Å². The summed E-state index contributed by atoms with van der Waals surface area (Å²) in [6.45, 7) is 10.6. The number of rotatable bonds is 13.